The Hall–Kier alpha value is -4.05. The molecule has 0 aliphatic carbocycles. The Morgan fingerprint density at radius 3 is 2.58 bits per heavy atom. The van der Waals surface area contributed by atoms with E-state index in [9.17, 15) is 18.4 Å². The van der Waals surface area contributed by atoms with Crippen molar-refractivity contribution in [3.63, 3.8) is 0 Å². The van der Waals surface area contributed by atoms with Gasteiger partial charge in [-0.2, -0.15) is 0 Å². The summed E-state index contributed by atoms with van der Waals surface area (Å²) in [6, 6.07) is 16.2. The van der Waals surface area contributed by atoms with Crippen LogP contribution >= 0.6 is 11.8 Å². The highest BCUT2D eigenvalue weighted by molar-refractivity contribution is 8.00. The van der Waals surface area contributed by atoms with E-state index in [0.29, 0.717) is 23.7 Å². The summed E-state index contributed by atoms with van der Waals surface area (Å²) in [7, 11) is 0. The summed E-state index contributed by atoms with van der Waals surface area (Å²) in [6.07, 6.45) is 1.90. The summed E-state index contributed by atoms with van der Waals surface area (Å²) in [4.78, 5) is 25.7. The first-order valence-corrected chi connectivity index (χ1v) is 12.1. The third kappa shape index (κ3) is 4.99. The van der Waals surface area contributed by atoms with Gasteiger partial charge in [0.2, 0.25) is 12.7 Å². The number of nitrogens with zero attached hydrogens (tertiary/aromatic N) is 1. The van der Waals surface area contributed by atoms with Gasteiger partial charge in [0.1, 0.15) is 17.2 Å². The van der Waals surface area contributed by atoms with Crippen LogP contribution in [0.3, 0.4) is 0 Å². The number of benzene rings is 3. The van der Waals surface area contributed by atoms with Gasteiger partial charge in [-0.15, -0.1) is 11.8 Å². The van der Waals surface area contributed by atoms with Crippen molar-refractivity contribution < 1.29 is 27.8 Å². The van der Waals surface area contributed by atoms with Crippen LogP contribution in [-0.4, -0.2) is 35.5 Å². The Labute approximate surface area is 209 Å². The van der Waals surface area contributed by atoms with E-state index in [0.717, 1.165) is 27.9 Å². The van der Waals surface area contributed by atoms with Crippen molar-refractivity contribution in [1.82, 2.24) is 9.88 Å². The van der Waals surface area contributed by atoms with E-state index in [1.165, 1.54) is 17.8 Å². The maximum atomic E-state index is 13.9. The molecule has 36 heavy (non-hydrogen) atoms. The number of anilines is 1. The van der Waals surface area contributed by atoms with Crippen LogP contribution in [0.4, 0.5) is 14.5 Å². The van der Waals surface area contributed by atoms with Crippen molar-refractivity contribution in [1.29, 1.82) is 0 Å². The lowest BCUT2D eigenvalue weighted by atomic mass is 10.2. The number of fused-ring (bicyclic) bond motifs is 2. The van der Waals surface area contributed by atoms with Crippen molar-refractivity contribution in [3.05, 3.63) is 84.1 Å². The first-order valence-electron chi connectivity index (χ1n) is 11.1. The SMILES string of the molecule is O=C(CSc1cn(CCNC(=O)c2c(F)cccc2F)c2ccccc12)Nc1ccc2c(c1)OCO2. The van der Waals surface area contributed by atoms with Gasteiger partial charge in [0.05, 0.1) is 5.75 Å². The normalized spacial score (nSPS) is 12.1. The fourth-order valence-corrected chi connectivity index (χ4v) is 4.81. The number of ether oxygens (including phenoxy) is 2. The smallest absolute Gasteiger partial charge is 0.257 e. The largest absolute Gasteiger partial charge is 0.454 e. The number of carbonyl (C=O) groups excluding carboxylic acids is 2. The van der Waals surface area contributed by atoms with Crippen LogP contribution < -0.4 is 20.1 Å². The van der Waals surface area contributed by atoms with E-state index in [-0.39, 0.29) is 25.0 Å². The Bertz CT molecular complexity index is 1440. The molecule has 0 saturated carbocycles. The Morgan fingerprint density at radius 1 is 0.972 bits per heavy atom. The minimum Gasteiger partial charge on any atom is -0.454 e. The van der Waals surface area contributed by atoms with E-state index in [1.54, 1.807) is 18.2 Å². The minimum atomic E-state index is -0.906. The average molecular weight is 510 g/mol. The van der Waals surface area contributed by atoms with Crippen molar-refractivity contribution in [2.75, 3.05) is 24.4 Å². The van der Waals surface area contributed by atoms with E-state index in [2.05, 4.69) is 10.6 Å². The maximum Gasteiger partial charge on any atom is 0.257 e. The van der Waals surface area contributed by atoms with Crippen LogP contribution in [0.5, 0.6) is 11.5 Å². The number of hydrogen-bond donors (Lipinski definition) is 2. The van der Waals surface area contributed by atoms with Crippen LogP contribution in [0.1, 0.15) is 10.4 Å². The Morgan fingerprint density at radius 2 is 1.75 bits per heavy atom. The molecule has 2 N–H and O–H groups in total. The summed E-state index contributed by atoms with van der Waals surface area (Å²) in [6.45, 7) is 0.711. The molecule has 10 heteroatoms. The number of amides is 2. The van der Waals surface area contributed by atoms with Gasteiger partial charge in [-0.1, -0.05) is 24.3 Å². The number of thioether (sulfide) groups is 1. The predicted molar refractivity (Wildman–Crippen MR) is 133 cm³/mol. The predicted octanol–water partition coefficient (Wildman–Crippen LogP) is 4.81. The molecule has 2 amide bonds. The molecule has 4 aromatic rings. The molecule has 1 aliphatic rings. The molecule has 0 unspecified atom stereocenters. The quantitative estimate of drug-likeness (QED) is 0.333. The van der Waals surface area contributed by atoms with Crippen molar-refractivity contribution >= 4 is 40.2 Å². The molecule has 0 spiro atoms. The van der Waals surface area contributed by atoms with Crippen LogP contribution in [-0.2, 0) is 11.3 Å². The highest BCUT2D eigenvalue weighted by atomic mass is 32.2. The third-order valence-corrected chi connectivity index (χ3v) is 6.64. The molecule has 1 aromatic heterocycles. The number of nitrogens with one attached hydrogen (secondary N) is 2. The van der Waals surface area contributed by atoms with Crippen molar-refractivity contribution in [3.8, 4) is 11.5 Å². The Kier molecular flexibility index (Phi) is 6.77. The second-order valence-corrected chi connectivity index (χ2v) is 8.98. The summed E-state index contributed by atoms with van der Waals surface area (Å²) in [5, 5.41) is 6.39. The molecule has 0 saturated heterocycles. The van der Waals surface area contributed by atoms with Gasteiger partial charge in [0, 0.05) is 46.8 Å². The second kappa shape index (κ2) is 10.3. The van der Waals surface area contributed by atoms with Crippen LogP contribution in [0.2, 0.25) is 0 Å². The zero-order chi connectivity index (χ0) is 25.1. The monoisotopic (exact) mass is 509 g/mol. The number of rotatable bonds is 8. The highest BCUT2D eigenvalue weighted by Gasteiger charge is 2.17. The highest BCUT2D eigenvalue weighted by Crippen LogP contribution is 2.34. The fourth-order valence-electron chi connectivity index (χ4n) is 3.92. The van der Waals surface area contributed by atoms with Gasteiger partial charge in [-0.3, -0.25) is 9.59 Å². The van der Waals surface area contributed by atoms with Gasteiger partial charge in [-0.05, 0) is 30.3 Å². The van der Waals surface area contributed by atoms with Crippen LogP contribution in [0, 0.1) is 11.6 Å². The number of para-hydroxylation sites is 1. The molecule has 1 aliphatic heterocycles. The first-order chi connectivity index (χ1) is 17.5. The lowest BCUT2D eigenvalue weighted by Crippen LogP contribution is -2.28. The summed E-state index contributed by atoms with van der Waals surface area (Å²) in [5.41, 5.74) is 0.941. The average Bonchev–Trinajstić information content (AvgIpc) is 3.47. The molecule has 0 bridgehead atoms. The van der Waals surface area contributed by atoms with E-state index < -0.39 is 23.1 Å². The van der Waals surface area contributed by atoms with Crippen molar-refractivity contribution in [2.24, 2.45) is 0 Å². The van der Waals surface area contributed by atoms with Crippen LogP contribution in [0.25, 0.3) is 10.9 Å². The number of aromatic nitrogens is 1. The summed E-state index contributed by atoms with van der Waals surface area (Å²) in [5.74, 6) is -1.37. The minimum absolute atomic E-state index is 0.163. The van der Waals surface area contributed by atoms with Crippen molar-refractivity contribution in [2.45, 2.75) is 11.4 Å². The van der Waals surface area contributed by atoms with Gasteiger partial charge in [0.15, 0.2) is 11.5 Å². The second-order valence-electron chi connectivity index (χ2n) is 7.96. The molecular weight excluding hydrogens is 488 g/mol. The molecule has 0 fully saturated rings. The molecule has 2 heterocycles. The van der Waals surface area contributed by atoms with E-state index in [1.807, 2.05) is 35.0 Å². The van der Waals surface area contributed by atoms with Crippen LogP contribution in [0.15, 0.2) is 71.8 Å². The van der Waals surface area contributed by atoms with E-state index >= 15 is 0 Å². The molecular formula is C26H21F2N3O4S. The molecule has 5 rings (SSSR count). The first kappa shape index (κ1) is 23.7. The number of hydrogen-bond acceptors (Lipinski definition) is 5. The lowest BCUT2D eigenvalue weighted by molar-refractivity contribution is -0.113. The fraction of sp³-hybridized carbons (Fsp3) is 0.154. The Balaban J connectivity index is 1.22. The van der Waals surface area contributed by atoms with E-state index in [4.69, 9.17) is 9.47 Å². The molecule has 0 radical (unpaired) electrons. The third-order valence-electron chi connectivity index (χ3n) is 5.60. The summed E-state index contributed by atoms with van der Waals surface area (Å²) < 4.78 is 40.3. The zero-order valence-electron chi connectivity index (χ0n) is 18.9. The lowest BCUT2D eigenvalue weighted by Gasteiger charge is -2.09. The molecule has 3 aromatic carbocycles. The van der Waals surface area contributed by atoms with Gasteiger partial charge in [-0.25, -0.2) is 8.78 Å². The molecule has 7 nitrogen and oxygen atoms in total. The van der Waals surface area contributed by atoms with Gasteiger partial charge in [0.25, 0.3) is 5.91 Å². The van der Waals surface area contributed by atoms with Gasteiger partial charge >= 0.3 is 0 Å². The summed E-state index contributed by atoms with van der Waals surface area (Å²) >= 11 is 1.39. The van der Waals surface area contributed by atoms with Gasteiger partial charge < -0.3 is 24.7 Å². The molecule has 0 atom stereocenters. The zero-order valence-corrected chi connectivity index (χ0v) is 19.7. The standard InChI is InChI=1S/C26H21F2N3O4S/c27-18-5-3-6-19(28)25(18)26(33)29-10-11-31-13-23(17-4-1-2-7-20(17)31)36-14-24(32)30-16-8-9-21-22(12-16)35-15-34-21/h1-9,12-13H,10-11,14-15H2,(H,29,33)(H,30,32). The maximum absolute atomic E-state index is 13.9. The molecule has 184 valence electrons. The number of carbonyl (C=O) groups is 2. The topological polar surface area (TPSA) is 81.6 Å². The number of halogens is 2.